The van der Waals surface area contributed by atoms with Gasteiger partial charge >= 0.3 is 0 Å². The summed E-state index contributed by atoms with van der Waals surface area (Å²) in [6, 6.07) is 10.6. The number of nitrogens with one attached hydrogen (secondary N) is 1. The normalized spacial score (nSPS) is 19.9. The van der Waals surface area contributed by atoms with Crippen LogP contribution >= 0.6 is 0 Å². The van der Waals surface area contributed by atoms with Gasteiger partial charge in [-0.25, -0.2) is 0 Å². The first kappa shape index (κ1) is 14.5. The zero-order valence-corrected chi connectivity index (χ0v) is 12.4. The molecular formula is C17H28N2. The smallest absolute Gasteiger partial charge is 0.0333 e. The highest BCUT2D eigenvalue weighted by atomic mass is 14.9. The molecular weight excluding hydrogens is 232 g/mol. The summed E-state index contributed by atoms with van der Waals surface area (Å²) in [5, 5.41) is 3.64. The highest BCUT2D eigenvalue weighted by Crippen LogP contribution is 2.48. The Morgan fingerprint density at radius 3 is 2.53 bits per heavy atom. The lowest BCUT2D eigenvalue weighted by molar-refractivity contribution is 0.376. The predicted octanol–water partition coefficient (Wildman–Crippen LogP) is 3.49. The molecule has 0 saturated heterocycles. The Balaban J connectivity index is 1.74. The molecule has 1 aliphatic carbocycles. The number of rotatable bonds is 8. The van der Waals surface area contributed by atoms with Crippen LogP contribution in [0.5, 0.6) is 0 Å². The first-order chi connectivity index (χ1) is 9.17. The van der Waals surface area contributed by atoms with Crippen molar-refractivity contribution in [3.05, 3.63) is 35.9 Å². The van der Waals surface area contributed by atoms with Crippen LogP contribution in [0.15, 0.2) is 30.3 Å². The molecule has 0 radical (unpaired) electrons. The molecule has 0 bridgehead atoms. The van der Waals surface area contributed by atoms with Crippen LogP contribution in [-0.4, -0.2) is 13.1 Å². The number of benzene rings is 1. The average Bonchev–Trinajstić information content (AvgIpc) is 3.19. The molecule has 1 aromatic rings. The van der Waals surface area contributed by atoms with Crippen molar-refractivity contribution in [2.75, 3.05) is 13.1 Å². The molecule has 0 aromatic heterocycles. The van der Waals surface area contributed by atoms with Gasteiger partial charge in [-0.2, -0.15) is 0 Å². The minimum Gasteiger partial charge on any atom is -0.324 e. The molecule has 1 aliphatic rings. The predicted molar refractivity (Wildman–Crippen MR) is 82.0 cm³/mol. The van der Waals surface area contributed by atoms with E-state index in [0.29, 0.717) is 11.3 Å². The minimum absolute atomic E-state index is 0.134. The second-order valence-electron chi connectivity index (χ2n) is 6.29. The van der Waals surface area contributed by atoms with E-state index in [0.717, 1.165) is 6.54 Å². The van der Waals surface area contributed by atoms with Crippen molar-refractivity contribution in [1.82, 2.24) is 5.32 Å². The summed E-state index contributed by atoms with van der Waals surface area (Å²) in [4.78, 5) is 0. The van der Waals surface area contributed by atoms with Crippen molar-refractivity contribution in [3.63, 3.8) is 0 Å². The lowest BCUT2D eigenvalue weighted by Gasteiger charge is -2.22. The third kappa shape index (κ3) is 4.05. The second-order valence-corrected chi connectivity index (χ2v) is 6.29. The van der Waals surface area contributed by atoms with E-state index in [4.69, 9.17) is 5.73 Å². The molecule has 2 rings (SSSR count). The molecule has 0 aliphatic heterocycles. The summed E-state index contributed by atoms with van der Waals surface area (Å²) in [6.45, 7) is 6.71. The Hall–Kier alpha value is -0.860. The highest BCUT2D eigenvalue weighted by molar-refractivity contribution is 5.19. The van der Waals surface area contributed by atoms with E-state index in [9.17, 15) is 0 Å². The van der Waals surface area contributed by atoms with Crippen molar-refractivity contribution in [2.24, 2.45) is 17.1 Å². The lowest BCUT2D eigenvalue weighted by Crippen LogP contribution is -2.33. The standard InChI is InChI=1S/C17H28N2/c1-3-9-17(10-11-17)13-19-12-14(2)16(18)15-7-5-4-6-8-15/h4-8,14,16,19H,3,9-13,18H2,1-2H3. The molecule has 2 nitrogen and oxygen atoms in total. The maximum atomic E-state index is 6.32. The van der Waals surface area contributed by atoms with Gasteiger partial charge in [-0.05, 0) is 42.7 Å². The summed E-state index contributed by atoms with van der Waals surface area (Å²) in [5.74, 6) is 0.472. The molecule has 0 heterocycles. The van der Waals surface area contributed by atoms with Gasteiger partial charge in [-0.15, -0.1) is 0 Å². The van der Waals surface area contributed by atoms with Gasteiger partial charge in [0.15, 0.2) is 0 Å². The summed E-state index contributed by atoms with van der Waals surface area (Å²) in [5.41, 5.74) is 8.20. The molecule has 106 valence electrons. The van der Waals surface area contributed by atoms with E-state index < -0.39 is 0 Å². The largest absolute Gasteiger partial charge is 0.324 e. The minimum atomic E-state index is 0.134. The maximum Gasteiger partial charge on any atom is 0.0333 e. The van der Waals surface area contributed by atoms with Crippen LogP contribution in [0, 0.1) is 11.3 Å². The van der Waals surface area contributed by atoms with Gasteiger partial charge < -0.3 is 11.1 Å². The molecule has 1 fully saturated rings. The topological polar surface area (TPSA) is 38.0 Å². The number of nitrogens with two attached hydrogens (primary N) is 1. The summed E-state index contributed by atoms with van der Waals surface area (Å²) < 4.78 is 0. The fourth-order valence-corrected chi connectivity index (χ4v) is 2.92. The SMILES string of the molecule is CCCC1(CNCC(C)C(N)c2ccccc2)CC1. The molecule has 2 atom stereocenters. The molecule has 3 N–H and O–H groups in total. The number of hydrogen-bond donors (Lipinski definition) is 2. The summed E-state index contributed by atoms with van der Waals surface area (Å²) in [7, 11) is 0. The quantitative estimate of drug-likeness (QED) is 0.751. The van der Waals surface area contributed by atoms with Crippen molar-refractivity contribution in [3.8, 4) is 0 Å². The van der Waals surface area contributed by atoms with E-state index in [1.54, 1.807) is 0 Å². The first-order valence-corrected chi connectivity index (χ1v) is 7.68. The van der Waals surface area contributed by atoms with E-state index in [-0.39, 0.29) is 6.04 Å². The molecule has 1 aromatic carbocycles. The Morgan fingerprint density at radius 2 is 1.95 bits per heavy atom. The zero-order chi connectivity index (χ0) is 13.7. The van der Waals surface area contributed by atoms with Crippen molar-refractivity contribution in [2.45, 2.75) is 45.6 Å². The van der Waals surface area contributed by atoms with Gasteiger partial charge in [0, 0.05) is 12.6 Å². The van der Waals surface area contributed by atoms with Crippen molar-refractivity contribution in [1.29, 1.82) is 0 Å². The maximum absolute atomic E-state index is 6.32. The van der Waals surface area contributed by atoms with Crippen molar-refractivity contribution >= 4 is 0 Å². The van der Waals surface area contributed by atoms with Gasteiger partial charge in [0.1, 0.15) is 0 Å². The van der Waals surface area contributed by atoms with Crippen LogP contribution in [0.4, 0.5) is 0 Å². The Kier molecular flexibility index (Phi) is 5.00. The van der Waals surface area contributed by atoms with Crippen LogP contribution in [0.25, 0.3) is 0 Å². The van der Waals surface area contributed by atoms with Crippen LogP contribution in [-0.2, 0) is 0 Å². The van der Waals surface area contributed by atoms with Gasteiger partial charge in [0.05, 0.1) is 0 Å². The molecule has 2 unspecified atom stereocenters. The molecule has 1 saturated carbocycles. The Labute approximate surface area is 117 Å². The third-order valence-electron chi connectivity index (χ3n) is 4.50. The Morgan fingerprint density at radius 1 is 1.26 bits per heavy atom. The monoisotopic (exact) mass is 260 g/mol. The van der Waals surface area contributed by atoms with Crippen LogP contribution in [0.1, 0.15) is 51.1 Å². The first-order valence-electron chi connectivity index (χ1n) is 7.68. The molecule has 19 heavy (non-hydrogen) atoms. The average molecular weight is 260 g/mol. The van der Waals surface area contributed by atoms with Crippen LogP contribution < -0.4 is 11.1 Å². The summed E-state index contributed by atoms with van der Waals surface area (Å²) in [6.07, 6.45) is 5.50. The summed E-state index contributed by atoms with van der Waals surface area (Å²) >= 11 is 0. The fourth-order valence-electron chi connectivity index (χ4n) is 2.92. The van der Waals surface area contributed by atoms with E-state index in [1.165, 1.54) is 37.8 Å². The third-order valence-corrected chi connectivity index (χ3v) is 4.50. The van der Waals surface area contributed by atoms with Crippen molar-refractivity contribution < 1.29 is 0 Å². The molecule has 2 heteroatoms. The number of hydrogen-bond acceptors (Lipinski definition) is 2. The zero-order valence-electron chi connectivity index (χ0n) is 12.4. The van der Waals surface area contributed by atoms with Gasteiger partial charge in [-0.1, -0.05) is 50.6 Å². The van der Waals surface area contributed by atoms with Crippen LogP contribution in [0.3, 0.4) is 0 Å². The molecule has 0 spiro atoms. The second kappa shape index (κ2) is 6.53. The van der Waals surface area contributed by atoms with E-state index in [1.807, 2.05) is 6.07 Å². The van der Waals surface area contributed by atoms with E-state index in [2.05, 4.69) is 43.4 Å². The molecule has 0 amide bonds. The lowest BCUT2D eigenvalue weighted by atomic mass is 9.94. The van der Waals surface area contributed by atoms with Gasteiger partial charge in [-0.3, -0.25) is 0 Å². The Bertz CT molecular complexity index is 370. The fraction of sp³-hybridized carbons (Fsp3) is 0.647. The van der Waals surface area contributed by atoms with E-state index >= 15 is 0 Å². The van der Waals surface area contributed by atoms with Crippen LogP contribution in [0.2, 0.25) is 0 Å². The van der Waals surface area contributed by atoms with Gasteiger partial charge in [0.25, 0.3) is 0 Å². The van der Waals surface area contributed by atoms with Gasteiger partial charge in [0.2, 0.25) is 0 Å². The highest BCUT2D eigenvalue weighted by Gasteiger charge is 2.40.